The minimum atomic E-state index is -1.00. The van der Waals surface area contributed by atoms with Crippen LogP contribution in [0.1, 0.15) is 170 Å². The highest BCUT2D eigenvalue weighted by atomic mass is 16.6. The molecule has 1 aromatic carbocycles. The third-order valence-electron chi connectivity index (χ3n) is 17.3. The Morgan fingerprint density at radius 3 is 0.754 bits per heavy atom. The standard InChI is InChI=1S/C72H114N24O18/c1-40(2)58(82-55(100)34-79-70(109)61(43(7)8)88-112-13)67(106)76-31-52(97)19-16-22-94-37-49(85-91-94)28-73-64(103)46-25-47(65(104)74-29-50-38-95(92-86-50)23-17-20-53(98)32-77-68(107)59(41(3)4)83-56(101)35-80-71(110)62(44(9)10)89-113-14)27-48(26-46)66(105)75-30-51-39-96(93-87-51)24-18-21-54(99)33-78-69(108)60(42(5)6)84-57(102)36-81-72(111)63(45(11)12)90-114-15/h25-27,37-45,58-63,88-90H,16-24,28-36H2,1-15H3,(H,73,103)(H,74,104)(H,75,105)(H,76,106)(H,77,107)(H,78,108)(H,79,109)(H,80,110)(H,81,111)(H,82,100)(H,83,101)(H,84,102)/t58-,59-,60-,61-,62-,63-/m0/s1. The maximum absolute atomic E-state index is 14.0. The van der Waals surface area contributed by atoms with E-state index in [1.54, 1.807) is 102 Å². The molecule has 42 nitrogen and oxygen atoms in total. The maximum Gasteiger partial charge on any atom is 0.251 e. The molecule has 42 heteroatoms. The molecule has 0 saturated heterocycles. The van der Waals surface area contributed by atoms with Crippen LogP contribution < -0.4 is 80.2 Å². The van der Waals surface area contributed by atoms with Crippen molar-refractivity contribution in [3.63, 3.8) is 0 Å². The number of carbonyl (C=O) groups excluding carboxylic acids is 15. The van der Waals surface area contributed by atoms with Gasteiger partial charge in [-0.25, -0.2) is 0 Å². The van der Waals surface area contributed by atoms with Crippen LogP contribution in [0.2, 0.25) is 0 Å². The minimum absolute atomic E-state index is 0.0345. The van der Waals surface area contributed by atoms with Crippen LogP contribution in [0, 0.1) is 35.5 Å². The first-order valence-electron chi connectivity index (χ1n) is 37.7. The van der Waals surface area contributed by atoms with E-state index in [-0.39, 0.29) is 167 Å². The SMILES string of the molecule is CON[C@H](C(=O)NCC(=O)N[C@H](C(=O)NCC(=O)CCCn1cc(CNC(=O)c2cc(C(=O)NCc3cn(CCCC(=O)CNC(=O)[C@@H](NC(=O)CNC(=O)[C@@H](NOC)C(C)C)C(C)C)nn3)cc(C(=O)NCc3cn(CCCC(=O)CNC(=O)[C@@H](NC(=O)CNC(=O)[C@@H](NOC)C(C)C)C(C)C)nn3)c2)nn1)C(C)C)C(C)C. The van der Waals surface area contributed by atoms with Crippen molar-refractivity contribution >= 4 is 88.2 Å². The molecular weight excluding hydrogens is 1490 g/mol. The smallest absolute Gasteiger partial charge is 0.251 e. The molecule has 12 amide bonds. The number of benzene rings is 1. The fourth-order valence-corrected chi connectivity index (χ4v) is 10.9. The van der Waals surface area contributed by atoms with E-state index in [2.05, 4.69) is 111 Å². The summed E-state index contributed by atoms with van der Waals surface area (Å²) in [4.78, 5) is 211. The Hall–Kier alpha value is -10.9. The van der Waals surface area contributed by atoms with Crippen LogP contribution in [0.3, 0.4) is 0 Å². The van der Waals surface area contributed by atoms with Crippen molar-refractivity contribution in [3.8, 4) is 0 Å². The summed E-state index contributed by atoms with van der Waals surface area (Å²) in [7, 11) is 4.10. The average molecular weight is 1600 g/mol. The number of aryl methyl sites for hydroxylation is 3. The van der Waals surface area contributed by atoms with Gasteiger partial charge in [0.1, 0.15) is 53.3 Å². The summed E-state index contributed by atoms with van der Waals surface area (Å²) in [6.07, 6.45) is 5.60. The fourth-order valence-electron chi connectivity index (χ4n) is 10.9. The van der Waals surface area contributed by atoms with Gasteiger partial charge in [-0.15, -0.1) is 15.3 Å². The number of rotatable bonds is 54. The van der Waals surface area contributed by atoms with E-state index < -0.39 is 127 Å². The molecule has 4 rings (SSSR count). The molecule has 15 N–H and O–H groups in total. The Morgan fingerprint density at radius 1 is 0.316 bits per heavy atom. The highest BCUT2D eigenvalue weighted by Gasteiger charge is 2.31. The van der Waals surface area contributed by atoms with Crippen molar-refractivity contribution in [2.24, 2.45) is 35.5 Å². The summed E-state index contributed by atoms with van der Waals surface area (Å²) in [6, 6.07) is -1.35. The van der Waals surface area contributed by atoms with E-state index in [9.17, 15) is 71.9 Å². The number of hydroxylamine groups is 3. The molecule has 4 aromatic rings. The Labute approximate surface area is 661 Å². The summed E-state index contributed by atoms with van der Waals surface area (Å²) >= 11 is 0. The highest BCUT2D eigenvalue weighted by Crippen LogP contribution is 2.15. The van der Waals surface area contributed by atoms with E-state index in [0.717, 1.165) is 0 Å². The van der Waals surface area contributed by atoms with E-state index >= 15 is 0 Å². The van der Waals surface area contributed by atoms with Gasteiger partial charge in [0.15, 0.2) is 17.3 Å². The molecule has 0 aliphatic heterocycles. The molecule has 3 aromatic heterocycles. The second-order valence-electron chi connectivity index (χ2n) is 29.0. The van der Waals surface area contributed by atoms with Gasteiger partial charge in [-0.1, -0.05) is 98.7 Å². The summed E-state index contributed by atoms with van der Waals surface area (Å²) < 4.78 is 4.36. The monoisotopic (exact) mass is 1600 g/mol. The number of aromatic nitrogens is 9. The first-order valence-corrected chi connectivity index (χ1v) is 37.7. The van der Waals surface area contributed by atoms with Gasteiger partial charge >= 0.3 is 0 Å². The molecule has 0 spiro atoms. The van der Waals surface area contributed by atoms with Crippen molar-refractivity contribution in [1.29, 1.82) is 0 Å². The number of nitrogens with zero attached hydrogens (tertiary/aromatic N) is 9. The first kappa shape index (κ1) is 95.4. The van der Waals surface area contributed by atoms with Crippen molar-refractivity contribution in [3.05, 3.63) is 70.6 Å². The Morgan fingerprint density at radius 2 is 0.535 bits per heavy atom. The second kappa shape index (κ2) is 49.5. The van der Waals surface area contributed by atoms with Crippen molar-refractivity contribution in [2.45, 2.75) is 197 Å². The van der Waals surface area contributed by atoms with Crippen LogP contribution >= 0.6 is 0 Å². The largest absolute Gasteiger partial charge is 0.347 e. The molecular formula is C72H114N24O18. The third-order valence-corrected chi connectivity index (χ3v) is 17.3. The fraction of sp³-hybridized carbons (Fsp3) is 0.625. The summed E-state index contributed by atoms with van der Waals surface area (Å²) in [6.45, 7) is 19.1. The lowest BCUT2D eigenvalue weighted by molar-refractivity contribution is -0.133. The zero-order valence-electron chi connectivity index (χ0n) is 67.5. The highest BCUT2D eigenvalue weighted by molar-refractivity contribution is 6.05. The molecule has 0 aliphatic rings. The molecule has 0 unspecified atom stereocenters. The number of nitrogens with one attached hydrogen (secondary N) is 15. The number of amides is 12. The zero-order chi connectivity index (χ0) is 84.7. The third kappa shape index (κ3) is 34.2. The summed E-state index contributed by atoms with van der Waals surface area (Å²) in [5.74, 6) is -9.64. The van der Waals surface area contributed by atoms with Crippen LogP contribution in [0.4, 0.5) is 0 Å². The van der Waals surface area contributed by atoms with E-state index in [1.807, 2.05) is 0 Å². The van der Waals surface area contributed by atoms with Gasteiger partial charge in [-0.2, -0.15) is 16.4 Å². The molecule has 3 heterocycles. The van der Waals surface area contributed by atoms with E-state index in [0.29, 0.717) is 17.1 Å². The average Bonchev–Trinajstić information content (AvgIpc) is 1.00. The number of ketones is 3. The molecule has 0 aliphatic carbocycles. The minimum Gasteiger partial charge on any atom is -0.347 e. The number of hydrogen-bond donors (Lipinski definition) is 15. The van der Waals surface area contributed by atoms with Crippen LogP contribution in [0.5, 0.6) is 0 Å². The maximum atomic E-state index is 14.0. The van der Waals surface area contributed by atoms with E-state index in [4.69, 9.17) is 14.5 Å². The van der Waals surface area contributed by atoms with Crippen LogP contribution in [0.15, 0.2) is 36.8 Å². The Kier molecular flexibility index (Phi) is 41.5. The van der Waals surface area contributed by atoms with Crippen molar-refractivity contribution in [1.82, 2.24) is 125 Å². The predicted octanol–water partition coefficient (Wildman–Crippen LogP) is -3.05. The van der Waals surface area contributed by atoms with Crippen LogP contribution in [-0.4, -0.2) is 230 Å². The van der Waals surface area contributed by atoms with Crippen molar-refractivity contribution < 1.29 is 86.4 Å². The molecule has 0 fully saturated rings. The lowest BCUT2D eigenvalue weighted by atomic mass is 10.0. The molecule has 0 radical (unpaired) electrons. The van der Waals surface area contributed by atoms with Gasteiger partial charge in [0.2, 0.25) is 53.2 Å². The molecule has 114 heavy (non-hydrogen) atoms. The van der Waals surface area contributed by atoms with Crippen LogP contribution in [-0.2, 0) is 111 Å². The lowest BCUT2D eigenvalue weighted by Crippen LogP contribution is -2.54. The van der Waals surface area contributed by atoms with E-state index in [1.165, 1.54) is 53.6 Å². The molecule has 0 saturated carbocycles. The number of Topliss-reactive ketones (excluding diaryl/α,β-unsaturated/α-hetero) is 3. The summed E-state index contributed by atoms with van der Waals surface area (Å²) in [5.41, 5.74) is 8.36. The topological polar surface area (TPSA) is 556 Å². The van der Waals surface area contributed by atoms with Gasteiger partial charge in [0, 0.05) is 55.6 Å². The Balaban J connectivity index is 1.36. The van der Waals surface area contributed by atoms with Gasteiger partial charge < -0.3 is 78.3 Å². The predicted molar refractivity (Wildman–Crippen MR) is 407 cm³/mol. The van der Waals surface area contributed by atoms with Gasteiger partial charge in [-0.3, -0.25) is 86.0 Å². The van der Waals surface area contributed by atoms with Crippen LogP contribution in [0.25, 0.3) is 0 Å². The molecule has 630 valence electrons. The molecule has 0 bridgehead atoms. The number of carbonyl (C=O) groups is 15. The second-order valence-corrected chi connectivity index (χ2v) is 29.0. The van der Waals surface area contributed by atoms with Gasteiger partial charge in [-0.05, 0) is 73.0 Å². The Bertz CT molecular complexity index is 3490. The number of hydrogen-bond acceptors (Lipinski definition) is 27. The van der Waals surface area contributed by atoms with Gasteiger partial charge in [0.25, 0.3) is 17.7 Å². The van der Waals surface area contributed by atoms with Gasteiger partial charge in [0.05, 0.1) is 98.8 Å². The molecule has 6 atom stereocenters. The first-order chi connectivity index (χ1) is 54.0. The lowest BCUT2D eigenvalue weighted by Gasteiger charge is -2.23. The quantitative estimate of drug-likeness (QED) is 0.0195. The normalized spacial score (nSPS) is 12.9. The summed E-state index contributed by atoms with van der Waals surface area (Å²) in [5, 5.41) is 55.9. The van der Waals surface area contributed by atoms with Crippen molar-refractivity contribution in [2.75, 3.05) is 60.6 Å². The zero-order valence-corrected chi connectivity index (χ0v) is 67.5.